The summed E-state index contributed by atoms with van der Waals surface area (Å²) in [5.74, 6) is 1.85. The van der Waals surface area contributed by atoms with Crippen molar-refractivity contribution in [2.45, 2.75) is 71.8 Å². The monoisotopic (exact) mass is 280 g/mol. The molecule has 1 saturated heterocycles. The zero-order valence-electron chi connectivity index (χ0n) is 14.3. The average molecular weight is 280 g/mol. The predicted octanol–water partition coefficient (Wildman–Crippen LogP) is 3.91. The first-order valence-electron chi connectivity index (χ1n) is 8.95. The molecule has 1 saturated carbocycles. The van der Waals surface area contributed by atoms with Crippen LogP contribution in [0.1, 0.15) is 65.7 Å². The summed E-state index contributed by atoms with van der Waals surface area (Å²) in [4.78, 5) is 2.82. The minimum atomic E-state index is 0.557. The van der Waals surface area contributed by atoms with E-state index in [2.05, 4.69) is 38.0 Å². The molecule has 1 N–H and O–H groups in total. The Hall–Kier alpha value is -0.0800. The number of likely N-dealkylation sites (tertiary alicyclic amines) is 1. The maximum absolute atomic E-state index is 3.37. The Balaban J connectivity index is 1.81. The largest absolute Gasteiger partial charge is 0.319 e. The van der Waals surface area contributed by atoms with Crippen LogP contribution in [0.2, 0.25) is 0 Å². The van der Waals surface area contributed by atoms with Crippen molar-refractivity contribution in [1.29, 1.82) is 0 Å². The number of hydrogen-bond donors (Lipinski definition) is 1. The van der Waals surface area contributed by atoms with Gasteiger partial charge < -0.3 is 10.2 Å². The first-order chi connectivity index (χ1) is 9.56. The third-order valence-corrected chi connectivity index (χ3v) is 6.27. The maximum atomic E-state index is 3.37. The van der Waals surface area contributed by atoms with Crippen molar-refractivity contribution in [3.05, 3.63) is 0 Å². The number of hydrogen-bond acceptors (Lipinski definition) is 2. The molecular formula is C18H36N2. The van der Waals surface area contributed by atoms with Crippen LogP contribution in [-0.2, 0) is 0 Å². The van der Waals surface area contributed by atoms with Crippen molar-refractivity contribution < 1.29 is 0 Å². The molecule has 2 fully saturated rings. The van der Waals surface area contributed by atoms with Gasteiger partial charge in [-0.2, -0.15) is 0 Å². The lowest BCUT2D eigenvalue weighted by molar-refractivity contribution is 0.0591. The van der Waals surface area contributed by atoms with Gasteiger partial charge in [0.1, 0.15) is 0 Å². The van der Waals surface area contributed by atoms with Gasteiger partial charge in [0.25, 0.3) is 0 Å². The maximum Gasteiger partial charge on any atom is 0.00955 e. The molecule has 0 amide bonds. The highest BCUT2D eigenvalue weighted by Crippen LogP contribution is 2.41. The SMILES string of the molecule is CCC(C)(C)C1CCC(N2CCCC(CNC)C2)CC1. The highest BCUT2D eigenvalue weighted by molar-refractivity contribution is 4.88. The zero-order valence-corrected chi connectivity index (χ0v) is 14.3. The van der Waals surface area contributed by atoms with E-state index in [9.17, 15) is 0 Å². The van der Waals surface area contributed by atoms with Crippen molar-refractivity contribution in [3.8, 4) is 0 Å². The molecule has 2 rings (SSSR count). The standard InChI is InChI=1S/C18H36N2/c1-5-18(2,3)16-8-10-17(11-9-16)20-12-6-7-15(14-20)13-19-4/h15-17,19H,5-14H2,1-4H3. The molecule has 0 aromatic heterocycles. The molecule has 1 aliphatic heterocycles. The minimum absolute atomic E-state index is 0.557. The summed E-state index contributed by atoms with van der Waals surface area (Å²) in [7, 11) is 2.09. The quantitative estimate of drug-likeness (QED) is 0.821. The molecule has 1 atom stereocenters. The fraction of sp³-hybridized carbons (Fsp3) is 1.00. The molecular weight excluding hydrogens is 244 g/mol. The van der Waals surface area contributed by atoms with Gasteiger partial charge in [-0.25, -0.2) is 0 Å². The molecule has 1 aliphatic carbocycles. The van der Waals surface area contributed by atoms with E-state index >= 15 is 0 Å². The van der Waals surface area contributed by atoms with Gasteiger partial charge in [-0.05, 0) is 75.9 Å². The number of nitrogens with one attached hydrogen (secondary N) is 1. The number of rotatable bonds is 5. The van der Waals surface area contributed by atoms with E-state index in [-0.39, 0.29) is 0 Å². The van der Waals surface area contributed by atoms with E-state index < -0.39 is 0 Å². The Morgan fingerprint density at radius 2 is 1.80 bits per heavy atom. The lowest BCUT2D eigenvalue weighted by Gasteiger charge is -2.44. The Morgan fingerprint density at radius 3 is 2.40 bits per heavy atom. The van der Waals surface area contributed by atoms with Gasteiger partial charge in [0.2, 0.25) is 0 Å². The molecule has 0 aromatic carbocycles. The van der Waals surface area contributed by atoms with Crippen LogP contribution >= 0.6 is 0 Å². The molecule has 1 heterocycles. The second-order valence-corrected chi connectivity index (χ2v) is 7.91. The van der Waals surface area contributed by atoms with Gasteiger partial charge in [-0.15, -0.1) is 0 Å². The highest BCUT2D eigenvalue weighted by Gasteiger charge is 2.34. The number of piperidine rings is 1. The van der Waals surface area contributed by atoms with Gasteiger partial charge in [0.15, 0.2) is 0 Å². The molecule has 20 heavy (non-hydrogen) atoms. The first-order valence-corrected chi connectivity index (χ1v) is 8.95. The van der Waals surface area contributed by atoms with Gasteiger partial charge in [-0.3, -0.25) is 0 Å². The van der Waals surface area contributed by atoms with Crippen LogP contribution in [0.4, 0.5) is 0 Å². The molecule has 0 spiro atoms. The molecule has 0 radical (unpaired) electrons. The Morgan fingerprint density at radius 1 is 1.10 bits per heavy atom. The van der Waals surface area contributed by atoms with Crippen LogP contribution in [0.5, 0.6) is 0 Å². The summed E-state index contributed by atoms with van der Waals surface area (Å²) >= 11 is 0. The summed E-state index contributed by atoms with van der Waals surface area (Å²) in [6.45, 7) is 11.2. The van der Waals surface area contributed by atoms with Crippen molar-refractivity contribution >= 4 is 0 Å². The van der Waals surface area contributed by atoms with E-state index in [1.54, 1.807) is 0 Å². The van der Waals surface area contributed by atoms with Crippen LogP contribution in [0.25, 0.3) is 0 Å². The molecule has 0 bridgehead atoms. The average Bonchev–Trinajstić information content (AvgIpc) is 2.48. The van der Waals surface area contributed by atoms with E-state index in [0.717, 1.165) is 17.9 Å². The Labute approximate surface area is 126 Å². The van der Waals surface area contributed by atoms with Crippen molar-refractivity contribution in [2.24, 2.45) is 17.3 Å². The van der Waals surface area contributed by atoms with Gasteiger partial charge >= 0.3 is 0 Å². The first kappa shape index (κ1) is 16.3. The molecule has 2 heteroatoms. The summed E-state index contributed by atoms with van der Waals surface area (Å²) in [6.07, 6.45) is 9.97. The molecule has 1 unspecified atom stereocenters. The topological polar surface area (TPSA) is 15.3 Å². The van der Waals surface area contributed by atoms with E-state index in [0.29, 0.717) is 5.41 Å². The molecule has 2 aliphatic rings. The normalized spacial score (nSPS) is 33.3. The van der Waals surface area contributed by atoms with Crippen LogP contribution in [0.15, 0.2) is 0 Å². The second kappa shape index (κ2) is 7.26. The van der Waals surface area contributed by atoms with Crippen molar-refractivity contribution in [1.82, 2.24) is 10.2 Å². The summed E-state index contributed by atoms with van der Waals surface area (Å²) < 4.78 is 0. The van der Waals surface area contributed by atoms with Gasteiger partial charge in [0.05, 0.1) is 0 Å². The minimum Gasteiger partial charge on any atom is -0.319 e. The fourth-order valence-corrected chi connectivity index (χ4v) is 4.40. The third kappa shape index (κ3) is 3.98. The van der Waals surface area contributed by atoms with Gasteiger partial charge in [-0.1, -0.05) is 27.2 Å². The smallest absolute Gasteiger partial charge is 0.00955 e. The second-order valence-electron chi connectivity index (χ2n) is 7.91. The van der Waals surface area contributed by atoms with Crippen LogP contribution in [-0.4, -0.2) is 37.6 Å². The Kier molecular flexibility index (Phi) is 5.92. The van der Waals surface area contributed by atoms with E-state index in [1.165, 1.54) is 64.6 Å². The highest BCUT2D eigenvalue weighted by atomic mass is 15.2. The zero-order chi connectivity index (χ0) is 14.6. The van der Waals surface area contributed by atoms with Crippen molar-refractivity contribution in [2.75, 3.05) is 26.7 Å². The molecule has 0 aromatic rings. The van der Waals surface area contributed by atoms with Crippen molar-refractivity contribution in [3.63, 3.8) is 0 Å². The number of nitrogens with zero attached hydrogens (tertiary/aromatic N) is 1. The summed E-state index contributed by atoms with van der Waals surface area (Å²) in [6, 6.07) is 0.888. The lowest BCUT2D eigenvalue weighted by atomic mass is 9.68. The van der Waals surface area contributed by atoms with Crippen LogP contribution < -0.4 is 5.32 Å². The molecule has 2 nitrogen and oxygen atoms in total. The lowest BCUT2D eigenvalue weighted by Crippen LogP contribution is -2.46. The van der Waals surface area contributed by atoms with Gasteiger partial charge in [0, 0.05) is 12.6 Å². The molecule has 118 valence electrons. The predicted molar refractivity (Wildman–Crippen MR) is 88.0 cm³/mol. The summed E-state index contributed by atoms with van der Waals surface area (Å²) in [5.41, 5.74) is 0.557. The van der Waals surface area contributed by atoms with Crippen LogP contribution in [0.3, 0.4) is 0 Å². The summed E-state index contributed by atoms with van der Waals surface area (Å²) in [5, 5.41) is 3.37. The van der Waals surface area contributed by atoms with E-state index in [1.807, 2.05) is 0 Å². The van der Waals surface area contributed by atoms with E-state index in [4.69, 9.17) is 0 Å². The van der Waals surface area contributed by atoms with Crippen LogP contribution in [0, 0.1) is 17.3 Å². The Bertz CT molecular complexity index is 277. The fourth-order valence-electron chi connectivity index (χ4n) is 4.40. The third-order valence-electron chi connectivity index (χ3n) is 6.27.